The third-order valence-electron chi connectivity index (χ3n) is 3.58. The van der Waals surface area contributed by atoms with Crippen LogP contribution in [0.25, 0.3) is 0 Å². The van der Waals surface area contributed by atoms with Crippen LogP contribution in [0.15, 0.2) is 16.5 Å². The van der Waals surface area contributed by atoms with Gasteiger partial charge in [0, 0.05) is 19.4 Å². The van der Waals surface area contributed by atoms with Crippen LogP contribution in [-0.2, 0) is 11.2 Å². The quantitative estimate of drug-likeness (QED) is 0.740. The molecule has 0 amide bonds. The molecule has 1 saturated heterocycles. The van der Waals surface area contributed by atoms with Crippen molar-refractivity contribution in [3.05, 3.63) is 23.7 Å². The highest BCUT2D eigenvalue weighted by atomic mass is 16.5. The zero-order chi connectivity index (χ0) is 13.5. The molecule has 4 nitrogen and oxygen atoms in total. The Morgan fingerprint density at radius 2 is 2.32 bits per heavy atom. The molecule has 1 aliphatic rings. The second kappa shape index (κ2) is 7.32. The summed E-state index contributed by atoms with van der Waals surface area (Å²) in [6.07, 6.45) is 3.61. The van der Waals surface area contributed by atoms with E-state index in [9.17, 15) is 0 Å². The molecule has 2 rings (SSSR count). The first-order valence-corrected chi connectivity index (χ1v) is 7.12. The van der Waals surface area contributed by atoms with Crippen molar-refractivity contribution in [3.63, 3.8) is 0 Å². The normalized spacial score (nSPS) is 20.3. The van der Waals surface area contributed by atoms with Gasteiger partial charge in [0.15, 0.2) is 0 Å². The number of rotatable bonds is 6. The highest BCUT2D eigenvalue weighted by Gasteiger charge is 2.26. The SMILES string of the molecule is CCc1ccc(C2COCCN2CCCCC#N)o1. The van der Waals surface area contributed by atoms with Gasteiger partial charge in [0.1, 0.15) is 11.5 Å². The third kappa shape index (κ3) is 3.82. The Bertz CT molecular complexity index is 422. The number of morpholine rings is 1. The molecule has 0 N–H and O–H groups in total. The number of hydrogen-bond acceptors (Lipinski definition) is 4. The minimum atomic E-state index is 0.233. The summed E-state index contributed by atoms with van der Waals surface area (Å²) in [4.78, 5) is 2.42. The fraction of sp³-hybridized carbons (Fsp3) is 0.667. The summed E-state index contributed by atoms with van der Waals surface area (Å²) in [7, 11) is 0. The van der Waals surface area contributed by atoms with Crippen LogP contribution in [0.5, 0.6) is 0 Å². The fourth-order valence-corrected chi connectivity index (χ4v) is 2.45. The zero-order valence-electron chi connectivity index (χ0n) is 11.6. The summed E-state index contributed by atoms with van der Waals surface area (Å²) < 4.78 is 11.4. The van der Waals surface area contributed by atoms with Crippen LogP contribution >= 0.6 is 0 Å². The fourth-order valence-electron chi connectivity index (χ4n) is 2.45. The van der Waals surface area contributed by atoms with E-state index >= 15 is 0 Å². The van der Waals surface area contributed by atoms with Crippen LogP contribution in [0, 0.1) is 11.3 Å². The van der Waals surface area contributed by atoms with E-state index in [1.54, 1.807) is 0 Å². The van der Waals surface area contributed by atoms with Crippen molar-refractivity contribution in [2.45, 2.75) is 38.6 Å². The number of hydrogen-bond donors (Lipinski definition) is 0. The molecule has 0 saturated carbocycles. The monoisotopic (exact) mass is 262 g/mol. The molecule has 1 unspecified atom stereocenters. The molecule has 4 heteroatoms. The standard InChI is InChI=1S/C15H22N2O2/c1-2-13-6-7-15(19-13)14-12-18-11-10-17(14)9-5-3-4-8-16/h6-7,14H,2-5,9-12H2,1H3. The summed E-state index contributed by atoms with van der Waals surface area (Å²) in [5, 5.41) is 8.56. The Labute approximate surface area is 115 Å². The van der Waals surface area contributed by atoms with Crippen LogP contribution in [0.2, 0.25) is 0 Å². The largest absolute Gasteiger partial charge is 0.464 e. The van der Waals surface area contributed by atoms with Gasteiger partial charge < -0.3 is 9.15 Å². The smallest absolute Gasteiger partial charge is 0.123 e. The molecule has 1 atom stereocenters. The van der Waals surface area contributed by atoms with Gasteiger partial charge in [-0.2, -0.15) is 5.26 Å². The average molecular weight is 262 g/mol. The maximum absolute atomic E-state index is 8.56. The first-order chi connectivity index (χ1) is 9.35. The van der Waals surface area contributed by atoms with Crippen LogP contribution in [-0.4, -0.2) is 31.2 Å². The maximum Gasteiger partial charge on any atom is 0.123 e. The lowest BCUT2D eigenvalue weighted by molar-refractivity contribution is -0.0169. The number of furan rings is 1. The highest BCUT2D eigenvalue weighted by molar-refractivity contribution is 5.11. The number of unbranched alkanes of at least 4 members (excludes halogenated alkanes) is 2. The number of nitrogens with zero attached hydrogens (tertiary/aromatic N) is 2. The highest BCUT2D eigenvalue weighted by Crippen LogP contribution is 2.26. The Kier molecular flexibility index (Phi) is 5.44. The minimum Gasteiger partial charge on any atom is -0.464 e. The Morgan fingerprint density at radius 1 is 1.42 bits per heavy atom. The lowest BCUT2D eigenvalue weighted by Gasteiger charge is -2.34. The molecular weight excluding hydrogens is 240 g/mol. The van der Waals surface area contributed by atoms with E-state index in [2.05, 4.69) is 30.0 Å². The van der Waals surface area contributed by atoms with Crippen molar-refractivity contribution in [1.82, 2.24) is 4.90 Å². The van der Waals surface area contributed by atoms with E-state index in [4.69, 9.17) is 14.4 Å². The second-order valence-corrected chi connectivity index (χ2v) is 4.90. The van der Waals surface area contributed by atoms with Gasteiger partial charge in [-0.05, 0) is 31.5 Å². The van der Waals surface area contributed by atoms with Crippen LogP contribution in [0.4, 0.5) is 0 Å². The first kappa shape index (κ1) is 14.1. The van der Waals surface area contributed by atoms with E-state index in [0.717, 1.165) is 50.5 Å². The van der Waals surface area contributed by atoms with Crippen molar-refractivity contribution in [2.24, 2.45) is 0 Å². The van der Waals surface area contributed by atoms with E-state index in [1.165, 1.54) is 0 Å². The molecule has 0 aromatic carbocycles. The maximum atomic E-state index is 8.56. The van der Waals surface area contributed by atoms with Crippen molar-refractivity contribution < 1.29 is 9.15 Å². The van der Waals surface area contributed by atoms with Gasteiger partial charge in [0.25, 0.3) is 0 Å². The molecule has 104 valence electrons. The first-order valence-electron chi connectivity index (χ1n) is 7.12. The van der Waals surface area contributed by atoms with E-state index in [1.807, 2.05) is 0 Å². The average Bonchev–Trinajstić information content (AvgIpc) is 2.93. The van der Waals surface area contributed by atoms with Gasteiger partial charge >= 0.3 is 0 Å². The molecule has 1 fully saturated rings. The lowest BCUT2D eigenvalue weighted by Crippen LogP contribution is -2.39. The van der Waals surface area contributed by atoms with Crippen molar-refractivity contribution >= 4 is 0 Å². The second-order valence-electron chi connectivity index (χ2n) is 4.90. The summed E-state index contributed by atoms with van der Waals surface area (Å²) in [5.41, 5.74) is 0. The predicted molar refractivity (Wildman–Crippen MR) is 72.7 cm³/mol. The minimum absolute atomic E-state index is 0.233. The van der Waals surface area contributed by atoms with Crippen LogP contribution in [0.3, 0.4) is 0 Å². The van der Waals surface area contributed by atoms with Crippen LogP contribution in [0.1, 0.15) is 43.7 Å². The molecule has 1 aromatic rings. The molecule has 2 heterocycles. The van der Waals surface area contributed by atoms with E-state index in [-0.39, 0.29) is 6.04 Å². The third-order valence-corrected chi connectivity index (χ3v) is 3.58. The van der Waals surface area contributed by atoms with E-state index < -0.39 is 0 Å². The molecular formula is C15H22N2O2. The van der Waals surface area contributed by atoms with Gasteiger partial charge in [-0.25, -0.2) is 0 Å². The van der Waals surface area contributed by atoms with Crippen molar-refractivity contribution in [2.75, 3.05) is 26.3 Å². The van der Waals surface area contributed by atoms with Gasteiger partial charge in [0.2, 0.25) is 0 Å². The predicted octanol–water partition coefficient (Wildman–Crippen LogP) is 2.91. The summed E-state index contributed by atoms with van der Waals surface area (Å²) in [6.45, 7) is 5.54. The molecule has 0 spiro atoms. The van der Waals surface area contributed by atoms with Crippen molar-refractivity contribution in [1.29, 1.82) is 5.26 Å². The van der Waals surface area contributed by atoms with Gasteiger partial charge in [0.05, 0.1) is 25.3 Å². The number of aryl methyl sites for hydroxylation is 1. The topological polar surface area (TPSA) is 49.4 Å². The van der Waals surface area contributed by atoms with Crippen molar-refractivity contribution in [3.8, 4) is 6.07 Å². The molecule has 0 bridgehead atoms. The summed E-state index contributed by atoms with van der Waals surface area (Å²) >= 11 is 0. The zero-order valence-corrected chi connectivity index (χ0v) is 11.6. The number of ether oxygens (including phenoxy) is 1. The summed E-state index contributed by atoms with van der Waals surface area (Å²) in [6, 6.07) is 6.55. The van der Waals surface area contributed by atoms with Crippen LogP contribution < -0.4 is 0 Å². The van der Waals surface area contributed by atoms with Gasteiger partial charge in [-0.1, -0.05) is 6.92 Å². The van der Waals surface area contributed by atoms with Gasteiger partial charge in [-0.3, -0.25) is 4.90 Å². The molecule has 0 aliphatic carbocycles. The Balaban J connectivity index is 1.93. The molecule has 19 heavy (non-hydrogen) atoms. The number of nitriles is 1. The summed E-state index contributed by atoms with van der Waals surface area (Å²) in [5.74, 6) is 2.04. The Hall–Kier alpha value is -1.31. The van der Waals surface area contributed by atoms with Gasteiger partial charge in [-0.15, -0.1) is 0 Å². The Morgan fingerprint density at radius 3 is 3.05 bits per heavy atom. The molecule has 0 radical (unpaired) electrons. The molecule has 1 aromatic heterocycles. The lowest BCUT2D eigenvalue weighted by atomic mass is 10.1. The van der Waals surface area contributed by atoms with E-state index in [0.29, 0.717) is 13.0 Å². The molecule has 1 aliphatic heterocycles.